The number of hydrogen-bond donors (Lipinski definition) is 0. The van der Waals surface area contributed by atoms with Gasteiger partial charge in [-0.05, 0) is 36.8 Å². The summed E-state index contributed by atoms with van der Waals surface area (Å²) in [5.41, 5.74) is 2.56. The van der Waals surface area contributed by atoms with Gasteiger partial charge in [0.25, 0.3) is 0 Å². The topological polar surface area (TPSA) is 46.1 Å². The van der Waals surface area contributed by atoms with Crippen LogP contribution in [0.4, 0.5) is 0 Å². The minimum absolute atomic E-state index is 0. The molecule has 132 valence electrons. The molecule has 2 aromatic carbocycles. The summed E-state index contributed by atoms with van der Waals surface area (Å²) in [6.07, 6.45) is 9.73. The molecule has 0 saturated heterocycles. The molecule has 0 bridgehead atoms. The Balaban J connectivity index is 0.000000443. The Labute approximate surface area is 193 Å². The second kappa shape index (κ2) is 15.8. The first-order valence-corrected chi connectivity index (χ1v) is 9.17. The van der Waals surface area contributed by atoms with Crippen LogP contribution in [0.3, 0.4) is 0 Å². The van der Waals surface area contributed by atoms with Gasteiger partial charge in [0, 0.05) is 0 Å². The van der Waals surface area contributed by atoms with Crippen LogP contribution in [0.5, 0.6) is 11.5 Å². The van der Waals surface area contributed by atoms with Crippen LogP contribution >= 0.6 is 0 Å². The van der Waals surface area contributed by atoms with E-state index in [0.717, 1.165) is 12.8 Å². The van der Waals surface area contributed by atoms with Crippen molar-refractivity contribution in [1.82, 2.24) is 0 Å². The van der Waals surface area contributed by atoms with Gasteiger partial charge in [-0.2, -0.15) is 0 Å². The molecule has 0 atom stereocenters. The van der Waals surface area contributed by atoms with Crippen LogP contribution in [-0.2, 0) is 12.8 Å². The van der Waals surface area contributed by atoms with E-state index in [1.807, 2.05) is 24.3 Å². The van der Waals surface area contributed by atoms with E-state index < -0.39 is 0 Å². The number of aryl methyl sites for hydroxylation is 2. The van der Waals surface area contributed by atoms with Crippen molar-refractivity contribution in [2.75, 3.05) is 0 Å². The molecule has 0 spiro atoms. The van der Waals surface area contributed by atoms with Gasteiger partial charge in [-0.15, -0.1) is 11.5 Å². The number of rotatable bonds is 8. The fraction of sp³-hybridized carbons (Fsp3) is 0.455. The maximum Gasteiger partial charge on any atom is 2.00 e. The zero-order valence-corrected chi connectivity index (χ0v) is 20.2. The Hall–Kier alpha value is -0.389. The Morgan fingerprint density at radius 1 is 0.560 bits per heavy atom. The molecule has 3 heteroatoms. The van der Waals surface area contributed by atoms with E-state index in [1.54, 1.807) is 24.3 Å². The largest absolute Gasteiger partial charge is 2.00 e. The molecular formula is C22H30BaO2. The molecule has 0 N–H and O–H groups in total. The van der Waals surface area contributed by atoms with Crippen LogP contribution in [0.2, 0.25) is 0 Å². The molecule has 2 nitrogen and oxygen atoms in total. The third-order valence-corrected chi connectivity index (χ3v) is 3.98. The smallest absolute Gasteiger partial charge is 0.872 e. The van der Waals surface area contributed by atoms with Crippen molar-refractivity contribution in [3.63, 3.8) is 0 Å². The van der Waals surface area contributed by atoms with Gasteiger partial charge in [0.15, 0.2) is 0 Å². The Bertz CT molecular complexity index is 483. The standard InChI is InChI=1S/2C11H16O.Ba/c2*1-2-3-4-5-10-6-8-11(12)9-7-10;/h2*6-9,12H,2-5H2,1H3;/q;;+2/p-2. The minimum atomic E-state index is 0. The normalized spacial score (nSPS) is 9.68. The van der Waals surface area contributed by atoms with Crippen LogP contribution in [0, 0.1) is 0 Å². The van der Waals surface area contributed by atoms with Crippen molar-refractivity contribution in [3.05, 3.63) is 59.7 Å². The molecule has 25 heavy (non-hydrogen) atoms. The zero-order valence-electron chi connectivity index (χ0n) is 15.8. The van der Waals surface area contributed by atoms with Gasteiger partial charge < -0.3 is 10.2 Å². The maximum atomic E-state index is 10.8. The van der Waals surface area contributed by atoms with E-state index in [2.05, 4.69) is 13.8 Å². The number of benzene rings is 2. The monoisotopic (exact) mass is 464 g/mol. The summed E-state index contributed by atoms with van der Waals surface area (Å²) >= 11 is 0. The third kappa shape index (κ3) is 12.6. The fourth-order valence-corrected chi connectivity index (χ4v) is 2.47. The van der Waals surface area contributed by atoms with Crippen LogP contribution in [0.1, 0.15) is 63.5 Å². The molecular weight excluding hydrogens is 434 g/mol. The Morgan fingerprint density at radius 3 is 1.16 bits per heavy atom. The molecule has 0 amide bonds. The average Bonchev–Trinajstić information content (AvgIpc) is 2.59. The van der Waals surface area contributed by atoms with Gasteiger partial charge in [-0.1, -0.05) is 88.1 Å². The van der Waals surface area contributed by atoms with E-state index in [4.69, 9.17) is 0 Å². The SMILES string of the molecule is CCCCCc1ccc([O-])cc1.CCCCCc1ccc([O-])cc1.[Ba+2]. The molecule has 0 aromatic heterocycles. The molecule has 0 aliphatic heterocycles. The molecule has 0 unspecified atom stereocenters. The quantitative estimate of drug-likeness (QED) is 0.424. The number of hydrogen-bond acceptors (Lipinski definition) is 2. The summed E-state index contributed by atoms with van der Waals surface area (Å²) < 4.78 is 0. The first-order chi connectivity index (χ1) is 11.7. The summed E-state index contributed by atoms with van der Waals surface area (Å²) in [7, 11) is 0. The predicted octanol–water partition coefficient (Wildman–Crippen LogP) is 4.61. The van der Waals surface area contributed by atoms with Gasteiger partial charge in [0.1, 0.15) is 0 Å². The molecule has 2 aromatic rings. The number of unbranched alkanes of at least 4 members (excludes halogenated alkanes) is 4. The van der Waals surface area contributed by atoms with Crippen LogP contribution in [0.15, 0.2) is 48.5 Å². The first kappa shape index (κ1) is 24.6. The molecule has 0 aliphatic rings. The summed E-state index contributed by atoms with van der Waals surface area (Å²) in [6, 6.07) is 14.3. The summed E-state index contributed by atoms with van der Waals surface area (Å²) in [5, 5.41) is 21.5. The van der Waals surface area contributed by atoms with Crippen LogP contribution < -0.4 is 10.2 Å². The predicted molar refractivity (Wildman–Crippen MR) is 104 cm³/mol. The van der Waals surface area contributed by atoms with Crippen molar-refractivity contribution in [3.8, 4) is 11.5 Å². The van der Waals surface area contributed by atoms with E-state index >= 15 is 0 Å². The summed E-state index contributed by atoms with van der Waals surface area (Å²) in [5.74, 6) is 0.212. The van der Waals surface area contributed by atoms with Crippen molar-refractivity contribution in [1.29, 1.82) is 0 Å². The minimum Gasteiger partial charge on any atom is -0.872 e. The molecule has 0 fully saturated rings. The van der Waals surface area contributed by atoms with Crippen molar-refractivity contribution < 1.29 is 10.2 Å². The van der Waals surface area contributed by atoms with Gasteiger partial charge in [0.05, 0.1) is 0 Å². The molecule has 0 radical (unpaired) electrons. The van der Waals surface area contributed by atoms with Gasteiger partial charge in [-0.3, -0.25) is 0 Å². The molecule has 0 aliphatic carbocycles. The Kier molecular flexibility index (Phi) is 15.6. The second-order valence-electron chi connectivity index (χ2n) is 6.20. The van der Waals surface area contributed by atoms with Gasteiger partial charge in [0.2, 0.25) is 0 Å². The fourth-order valence-electron chi connectivity index (χ4n) is 2.47. The van der Waals surface area contributed by atoms with Crippen LogP contribution in [-0.4, -0.2) is 48.9 Å². The summed E-state index contributed by atoms with van der Waals surface area (Å²) in [4.78, 5) is 0. The molecule has 2 rings (SSSR count). The van der Waals surface area contributed by atoms with E-state index in [-0.39, 0.29) is 60.4 Å². The Morgan fingerprint density at radius 2 is 0.880 bits per heavy atom. The maximum absolute atomic E-state index is 10.8. The van der Waals surface area contributed by atoms with Crippen molar-refractivity contribution in [2.24, 2.45) is 0 Å². The van der Waals surface area contributed by atoms with Gasteiger partial charge in [-0.25, -0.2) is 0 Å². The van der Waals surface area contributed by atoms with E-state index in [0.29, 0.717) is 0 Å². The van der Waals surface area contributed by atoms with E-state index in [9.17, 15) is 10.2 Å². The van der Waals surface area contributed by atoms with Gasteiger partial charge >= 0.3 is 48.9 Å². The van der Waals surface area contributed by atoms with E-state index in [1.165, 1.54) is 49.7 Å². The van der Waals surface area contributed by atoms with Crippen LogP contribution in [0.25, 0.3) is 0 Å². The van der Waals surface area contributed by atoms with Crippen molar-refractivity contribution in [2.45, 2.75) is 65.2 Å². The first-order valence-electron chi connectivity index (χ1n) is 9.17. The second-order valence-corrected chi connectivity index (χ2v) is 6.20. The molecule has 0 saturated carbocycles. The summed E-state index contributed by atoms with van der Waals surface area (Å²) in [6.45, 7) is 4.39. The third-order valence-electron chi connectivity index (χ3n) is 3.98. The zero-order chi connectivity index (χ0) is 17.6. The molecule has 0 heterocycles. The average molecular weight is 464 g/mol. The van der Waals surface area contributed by atoms with Crippen molar-refractivity contribution >= 4 is 48.9 Å².